The molecule has 0 spiro atoms. The molecule has 2 N–H and O–H groups in total. The van der Waals surface area contributed by atoms with Crippen molar-refractivity contribution in [1.29, 1.82) is 0 Å². The molecule has 2 aliphatic heterocycles. The standard InChI is InChI=1S/C25H27BrF3N5O4S/c1-3-38-24(37)20-18(11-34-13-25(28,29)9-15(34)10-33(2)12-19(35)36)31-22(23-30-6-7-39-23)32-21(20)16-5-4-14(27)8-17(16)26/h4-8,15,21H,3,9-13H2,1-2H3,(H,31,32)(H,35,36)/t15?,21-/m0/s1. The Kier molecular flexibility index (Phi) is 9.09. The van der Waals surface area contributed by atoms with Crippen LogP contribution in [-0.2, 0) is 14.3 Å². The molecule has 1 aromatic heterocycles. The van der Waals surface area contributed by atoms with E-state index < -0.39 is 48.7 Å². The van der Waals surface area contributed by atoms with Gasteiger partial charge in [0.1, 0.15) is 11.9 Å². The van der Waals surface area contributed by atoms with E-state index in [-0.39, 0.29) is 31.8 Å². The number of halogens is 4. The fraction of sp³-hybridized carbons (Fsp3) is 0.440. The average Bonchev–Trinajstić information content (AvgIpc) is 3.46. The number of nitrogens with one attached hydrogen (secondary N) is 1. The first-order valence-electron chi connectivity index (χ1n) is 12.1. The zero-order valence-electron chi connectivity index (χ0n) is 21.2. The third-order valence-corrected chi connectivity index (χ3v) is 7.75. The minimum absolute atomic E-state index is 0.0698. The van der Waals surface area contributed by atoms with E-state index >= 15 is 0 Å². The molecular weight excluding hydrogens is 603 g/mol. The van der Waals surface area contributed by atoms with Crippen LogP contribution in [0.3, 0.4) is 0 Å². The molecule has 2 aromatic rings. The van der Waals surface area contributed by atoms with Gasteiger partial charge in [0.15, 0.2) is 10.8 Å². The van der Waals surface area contributed by atoms with Crippen molar-refractivity contribution in [3.05, 3.63) is 61.9 Å². The number of aliphatic imine (C=N–C) groups is 1. The van der Waals surface area contributed by atoms with Crippen LogP contribution < -0.4 is 5.32 Å². The van der Waals surface area contributed by atoms with Crippen molar-refractivity contribution in [3.63, 3.8) is 0 Å². The van der Waals surface area contributed by atoms with E-state index in [1.165, 1.54) is 39.3 Å². The molecule has 2 aliphatic rings. The van der Waals surface area contributed by atoms with Gasteiger partial charge in [-0.15, -0.1) is 11.3 Å². The number of likely N-dealkylation sites (tertiary alicyclic amines) is 1. The number of likely N-dealkylation sites (N-methyl/N-ethyl adjacent to an activating group) is 1. The van der Waals surface area contributed by atoms with Gasteiger partial charge in [0.25, 0.3) is 5.92 Å². The Morgan fingerprint density at radius 3 is 2.79 bits per heavy atom. The Labute approximate surface area is 235 Å². The summed E-state index contributed by atoms with van der Waals surface area (Å²) in [4.78, 5) is 36.5. The van der Waals surface area contributed by atoms with Crippen molar-refractivity contribution >= 4 is 45.0 Å². The number of carboxylic acid groups (broad SMARTS) is 1. The molecule has 1 unspecified atom stereocenters. The molecule has 0 bridgehead atoms. The lowest BCUT2D eigenvalue weighted by molar-refractivity contribution is -0.139. The second-order valence-electron chi connectivity index (χ2n) is 9.33. The number of nitrogens with zero attached hydrogens (tertiary/aromatic N) is 4. The molecule has 3 heterocycles. The van der Waals surface area contributed by atoms with Crippen LogP contribution in [0.2, 0.25) is 0 Å². The average molecular weight is 630 g/mol. The lowest BCUT2D eigenvalue weighted by Gasteiger charge is -2.32. The second kappa shape index (κ2) is 12.1. The molecule has 1 saturated heterocycles. The smallest absolute Gasteiger partial charge is 0.338 e. The first-order valence-corrected chi connectivity index (χ1v) is 13.8. The molecule has 0 amide bonds. The van der Waals surface area contributed by atoms with Gasteiger partial charge in [-0.3, -0.25) is 19.6 Å². The highest BCUT2D eigenvalue weighted by molar-refractivity contribution is 9.10. The maximum atomic E-state index is 14.6. The third-order valence-electron chi connectivity index (χ3n) is 6.29. The fourth-order valence-corrected chi connectivity index (χ4v) is 5.91. The summed E-state index contributed by atoms with van der Waals surface area (Å²) in [6.07, 6.45) is 1.13. The minimum atomic E-state index is -3.00. The number of benzene rings is 1. The zero-order chi connectivity index (χ0) is 28.3. The summed E-state index contributed by atoms with van der Waals surface area (Å²) < 4.78 is 48.9. The molecule has 0 aliphatic carbocycles. The van der Waals surface area contributed by atoms with Gasteiger partial charge >= 0.3 is 11.9 Å². The Balaban J connectivity index is 1.77. The first-order chi connectivity index (χ1) is 18.5. The maximum Gasteiger partial charge on any atom is 0.338 e. The number of carbonyl (C=O) groups excluding carboxylic acids is 1. The number of carboxylic acids is 1. The topological polar surface area (TPSA) is 107 Å². The van der Waals surface area contributed by atoms with Gasteiger partial charge in [-0.1, -0.05) is 22.0 Å². The van der Waals surface area contributed by atoms with Crippen molar-refractivity contribution < 1.29 is 32.6 Å². The number of carbonyl (C=O) groups is 2. The van der Waals surface area contributed by atoms with E-state index in [4.69, 9.17) is 14.8 Å². The summed E-state index contributed by atoms with van der Waals surface area (Å²) in [7, 11) is 1.56. The molecule has 2 atom stereocenters. The van der Waals surface area contributed by atoms with Crippen molar-refractivity contribution in [2.75, 3.05) is 39.8 Å². The number of aromatic nitrogens is 1. The van der Waals surface area contributed by atoms with E-state index in [1.807, 2.05) is 0 Å². The number of rotatable bonds is 10. The number of ether oxygens (including phenoxy) is 1. The van der Waals surface area contributed by atoms with E-state index in [1.54, 1.807) is 25.5 Å². The van der Waals surface area contributed by atoms with Crippen molar-refractivity contribution in [3.8, 4) is 0 Å². The first kappa shape index (κ1) is 29.2. The highest BCUT2D eigenvalue weighted by Gasteiger charge is 2.46. The van der Waals surface area contributed by atoms with Crippen LogP contribution in [-0.4, -0.2) is 89.5 Å². The largest absolute Gasteiger partial charge is 0.480 e. The van der Waals surface area contributed by atoms with Gasteiger partial charge in [-0.2, -0.15) is 0 Å². The lowest BCUT2D eigenvalue weighted by Crippen LogP contribution is -2.45. The molecule has 39 heavy (non-hydrogen) atoms. The highest BCUT2D eigenvalue weighted by atomic mass is 79.9. The van der Waals surface area contributed by atoms with Crippen molar-refractivity contribution in [1.82, 2.24) is 20.1 Å². The lowest BCUT2D eigenvalue weighted by atomic mass is 9.95. The Morgan fingerprint density at radius 2 is 2.15 bits per heavy atom. The summed E-state index contributed by atoms with van der Waals surface area (Å²) in [5.41, 5.74) is 0.896. The van der Waals surface area contributed by atoms with Gasteiger partial charge in [-0.25, -0.2) is 22.9 Å². The van der Waals surface area contributed by atoms with Crippen LogP contribution in [0.25, 0.3) is 0 Å². The fourth-order valence-electron chi connectivity index (χ4n) is 4.75. The Morgan fingerprint density at radius 1 is 1.38 bits per heavy atom. The minimum Gasteiger partial charge on any atom is -0.480 e. The van der Waals surface area contributed by atoms with E-state index in [0.717, 1.165) is 0 Å². The monoisotopic (exact) mass is 629 g/mol. The highest BCUT2D eigenvalue weighted by Crippen LogP contribution is 2.38. The predicted octanol–water partition coefficient (Wildman–Crippen LogP) is 3.68. The van der Waals surface area contributed by atoms with E-state index in [0.29, 0.717) is 26.6 Å². The Hall–Kier alpha value is -2.81. The summed E-state index contributed by atoms with van der Waals surface area (Å²) in [6, 6.07) is 2.39. The van der Waals surface area contributed by atoms with Crippen LogP contribution in [0.5, 0.6) is 0 Å². The summed E-state index contributed by atoms with van der Waals surface area (Å²) in [6.45, 7) is 0.845. The van der Waals surface area contributed by atoms with Crippen LogP contribution >= 0.6 is 27.3 Å². The summed E-state index contributed by atoms with van der Waals surface area (Å²) >= 11 is 4.67. The molecular formula is C25H27BrF3N5O4S. The quantitative estimate of drug-likeness (QED) is 0.383. The summed E-state index contributed by atoms with van der Waals surface area (Å²) in [5, 5.41) is 14.5. The van der Waals surface area contributed by atoms with Gasteiger partial charge in [0.05, 0.1) is 25.3 Å². The molecule has 0 radical (unpaired) electrons. The van der Waals surface area contributed by atoms with Gasteiger partial charge in [0, 0.05) is 47.3 Å². The number of hydrogen-bond donors (Lipinski definition) is 2. The van der Waals surface area contributed by atoms with E-state index in [2.05, 4.69) is 26.2 Å². The molecule has 210 valence electrons. The predicted molar refractivity (Wildman–Crippen MR) is 142 cm³/mol. The molecule has 0 saturated carbocycles. The molecule has 4 rings (SSSR count). The van der Waals surface area contributed by atoms with Crippen LogP contribution in [0, 0.1) is 5.82 Å². The van der Waals surface area contributed by atoms with Gasteiger partial charge in [0.2, 0.25) is 0 Å². The molecule has 1 aromatic carbocycles. The SMILES string of the molecule is CCOC(=O)C1=C(CN2CC(F)(F)CC2CN(C)CC(=O)O)NC(c2nccs2)=N[C@H]1c1ccc(F)cc1Br. The number of alkyl halides is 2. The maximum absolute atomic E-state index is 14.6. The number of amidine groups is 1. The summed E-state index contributed by atoms with van der Waals surface area (Å²) in [5.74, 6) is -4.90. The van der Waals surface area contributed by atoms with Crippen LogP contribution in [0.15, 0.2) is 50.5 Å². The normalized spacial score (nSPS) is 21.2. The third kappa shape index (κ3) is 7.04. The number of thiazole rings is 1. The second-order valence-corrected chi connectivity index (χ2v) is 11.1. The molecule has 9 nitrogen and oxygen atoms in total. The van der Waals surface area contributed by atoms with Gasteiger partial charge < -0.3 is 15.2 Å². The van der Waals surface area contributed by atoms with Crippen LogP contribution in [0.4, 0.5) is 13.2 Å². The zero-order valence-corrected chi connectivity index (χ0v) is 23.6. The molecule has 1 fully saturated rings. The van der Waals surface area contributed by atoms with Crippen molar-refractivity contribution in [2.45, 2.75) is 31.4 Å². The number of aliphatic carboxylic acids is 1. The molecule has 14 heteroatoms. The number of esters is 1. The van der Waals surface area contributed by atoms with Crippen LogP contribution in [0.1, 0.15) is 30.0 Å². The Bertz CT molecular complexity index is 1290. The van der Waals surface area contributed by atoms with Gasteiger partial charge in [-0.05, 0) is 31.7 Å². The van der Waals surface area contributed by atoms with Crippen molar-refractivity contribution in [2.24, 2.45) is 4.99 Å². The van der Waals surface area contributed by atoms with E-state index in [9.17, 15) is 22.8 Å². The number of hydrogen-bond acceptors (Lipinski definition) is 9.